The first-order valence-corrected chi connectivity index (χ1v) is 3.62. The second-order valence-electron chi connectivity index (χ2n) is 2.35. The molecule has 0 radical (unpaired) electrons. The van der Waals surface area contributed by atoms with Gasteiger partial charge in [-0.25, -0.2) is 4.79 Å². The van der Waals surface area contributed by atoms with Crippen LogP contribution < -0.4 is 4.89 Å². The maximum atomic E-state index is 10.3. The summed E-state index contributed by atoms with van der Waals surface area (Å²) >= 11 is 0. The summed E-state index contributed by atoms with van der Waals surface area (Å²) in [6.45, 7) is 1.24. The predicted octanol–water partition coefficient (Wildman–Crippen LogP) is 1.36. The third kappa shape index (κ3) is 2.94. The van der Waals surface area contributed by atoms with Gasteiger partial charge in [0.15, 0.2) is 5.75 Å². The van der Waals surface area contributed by atoms with Crippen LogP contribution in [0.2, 0.25) is 0 Å². The quantitative estimate of drug-likeness (QED) is 0.400. The van der Waals surface area contributed by atoms with Crippen LogP contribution in [0, 0.1) is 0 Å². The lowest BCUT2D eigenvalue weighted by atomic mass is 10.2. The summed E-state index contributed by atoms with van der Waals surface area (Å²) in [6.07, 6.45) is 0.718. The molecular weight excluding hydrogens is 172 g/mol. The predicted molar refractivity (Wildman–Crippen MR) is 44.2 cm³/mol. The highest BCUT2D eigenvalue weighted by molar-refractivity contribution is 5.74. The van der Waals surface area contributed by atoms with Crippen LogP contribution in [0.4, 0.5) is 0 Å². The zero-order valence-electron chi connectivity index (χ0n) is 7.02. The largest absolute Gasteiger partial charge is 0.352 e. The van der Waals surface area contributed by atoms with Crippen LogP contribution >= 0.6 is 0 Å². The molecule has 1 rings (SSSR count). The Morgan fingerprint density at radius 3 is 2.38 bits per heavy atom. The Labute approximate surface area is 75.0 Å². The van der Waals surface area contributed by atoms with E-state index in [1.54, 1.807) is 12.1 Å². The first kappa shape index (κ1) is 9.25. The van der Waals surface area contributed by atoms with Crippen molar-refractivity contribution in [3.63, 3.8) is 0 Å². The molecule has 0 fully saturated rings. The standard InChI is InChI=1S/C9H8O4/c1-7(11)12-13-9-4-2-8(6-10)3-5-9/h2-6H,1H3. The highest BCUT2D eigenvalue weighted by Crippen LogP contribution is 2.11. The number of hydrogen-bond acceptors (Lipinski definition) is 4. The fraction of sp³-hybridized carbons (Fsp3) is 0.111. The Morgan fingerprint density at radius 2 is 1.92 bits per heavy atom. The maximum Gasteiger partial charge on any atom is 0.352 e. The van der Waals surface area contributed by atoms with Crippen LogP contribution in [-0.4, -0.2) is 12.3 Å². The van der Waals surface area contributed by atoms with E-state index < -0.39 is 5.97 Å². The normalized spacial score (nSPS) is 9.00. The molecule has 0 N–H and O–H groups in total. The molecule has 0 aliphatic rings. The summed E-state index contributed by atoms with van der Waals surface area (Å²) in [7, 11) is 0. The van der Waals surface area contributed by atoms with Gasteiger partial charge >= 0.3 is 5.97 Å². The van der Waals surface area contributed by atoms with E-state index in [1.165, 1.54) is 19.1 Å². The van der Waals surface area contributed by atoms with Crippen molar-refractivity contribution in [1.29, 1.82) is 0 Å². The third-order valence-corrected chi connectivity index (χ3v) is 1.27. The van der Waals surface area contributed by atoms with Gasteiger partial charge in [0.2, 0.25) is 0 Å². The van der Waals surface area contributed by atoms with Crippen molar-refractivity contribution in [2.24, 2.45) is 0 Å². The summed E-state index contributed by atoms with van der Waals surface area (Å²) in [5, 5.41) is 0. The van der Waals surface area contributed by atoms with Gasteiger partial charge in [-0.15, -0.1) is 0 Å². The zero-order chi connectivity index (χ0) is 9.68. The fourth-order valence-electron chi connectivity index (χ4n) is 0.709. The summed E-state index contributed by atoms with van der Waals surface area (Å²) in [5.41, 5.74) is 0.537. The summed E-state index contributed by atoms with van der Waals surface area (Å²) < 4.78 is 0. The Hall–Kier alpha value is -1.84. The molecule has 13 heavy (non-hydrogen) atoms. The topological polar surface area (TPSA) is 52.6 Å². The molecule has 0 aliphatic heterocycles. The van der Waals surface area contributed by atoms with Gasteiger partial charge < -0.3 is 0 Å². The first-order valence-electron chi connectivity index (χ1n) is 3.62. The molecular formula is C9H8O4. The van der Waals surface area contributed by atoms with Gasteiger partial charge in [-0.3, -0.25) is 14.6 Å². The number of rotatable bonds is 3. The van der Waals surface area contributed by atoms with Crippen molar-refractivity contribution < 1.29 is 19.4 Å². The smallest absolute Gasteiger partial charge is 0.298 e. The van der Waals surface area contributed by atoms with E-state index in [2.05, 4.69) is 9.78 Å². The van der Waals surface area contributed by atoms with Crippen LogP contribution in [0.5, 0.6) is 5.75 Å². The van der Waals surface area contributed by atoms with Crippen molar-refractivity contribution in [2.45, 2.75) is 6.92 Å². The number of benzene rings is 1. The minimum absolute atomic E-state index is 0.376. The molecule has 0 spiro atoms. The molecule has 0 aliphatic carbocycles. The van der Waals surface area contributed by atoms with Crippen molar-refractivity contribution in [1.82, 2.24) is 0 Å². The highest BCUT2D eigenvalue weighted by Gasteiger charge is 1.97. The van der Waals surface area contributed by atoms with Gasteiger partial charge in [0.25, 0.3) is 0 Å². The second kappa shape index (κ2) is 4.25. The molecule has 0 aromatic heterocycles. The number of hydrogen-bond donors (Lipinski definition) is 0. The second-order valence-corrected chi connectivity index (χ2v) is 2.35. The highest BCUT2D eigenvalue weighted by atomic mass is 17.2. The van der Waals surface area contributed by atoms with Gasteiger partial charge in [0, 0.05) is 12.5 Å². The van der Waals surface area contributed by atoms with E-state index in [0.29, 0.717) is 11.3 Å². The first-order chi connectivity index (χ1) is 6.22. The molecule has 0 amide bonds. The van der Waals surface area contributed by atoms with Crippen LogP contribution in [0.1, 0.15) is 17.3 Å². The van der Waals surface area contributed by atoms with Gasteiger partial charge in [-0.05, 0) is 24.3 Å². The lowest BCUT2D eigenvalue weighted by Gasteiger charge is -2.00. The minimum Gasteiger partial charge on any atom is -0.298 e. The van der Waals surface area contributed by atoms with Gasteiger partial charge in [0.05, 0.1) is 0 Å². The summed E-state index contributed by atoms with van der Waals surface area (Å²) in [6, 6.07) is 6.19. The molecule has 0 saturated carbocycles. The van der Waals surface area contributed by atoms with Gasteiger partial charge in [-0.1, -0.05) is 0 Å². The van der Waals surface area contributed by atoms with Crippen LogP contribution in [0.15, 0.2) is 24.3 Å². The van der Waals surface area contributed by atoms with E-state index in [1.807, 2.05) is 0 Å². The molecule has 0 atom stereocenters. The average Bonchev–Trinajstić information content (AvgIpc) is 2.15. The van der Waals surface area contributed by atoms with Crippen LogP contribution in [-0.2, 0) is 9.68 Å². The van der Waals surface area contributed by atoms with Crippen LogP contribution in [0.3, 0.4) is 0 Å². The van der Waals surface area contributed by atoms with Crippen LogP contribution in [0.25, 0.3) is 0 Å². The molecule has 68 valence electrons. The fourth-order valence-corrected chi connectivity index (χ4v) is 0.709. The Kier molecular flexibility index (Phi) is 3.03. The average molecular weight is 180 g/mol. The minimum atomic E-state index is -0.528. The zero-order valence-corrected chi connectivity index (χ0v) is 7.02. The lowest BCUT2D eigenvalue weighted by Crippen LogP contribution is -2.02. The van der Waals surface area contributed by atoms with Crippen molar-refractivity contribution >= 4 is 12.3 Å². The van der Waals surface area contributed by atoms with E-state index >= 15 is 0 Å². The van der Waals surface area contributed by atoms with E-state index in [4.69, 9.17) is 0 Å². The number of carbonyl (C=O) groups is 2. The monoisotopic (exact) mass is 180 g/mol. The maximum absolute atomic E-state index is 10.3. The van der Waals surface area contributed by atoms with Gasteiger partial charge in [-0.2, -0.15) is 0 Å². The molecule has 1 aromatic rings. The lowest BCUT2D eigenvalue weighted by molar-refractivity contribution is -0.210. The third-order valence-electron chi connectivity index (χ3n) is 1.27. The molecule has 4 heteroatoms. The Bertz CT molecular complexity index is 302. The molecule has 4 nitrogen and oxygen atoms in total. The molecule has 0 bridgehead atoms. The molecule has 0 heterocycles. The van der Waals surface area contributed by atoms with Crippen molar-refractivity contribution in [3.8, 4) is 5.75 Å². The summed E-state index contributed by atoms with van der Waals surface area (Å²) in [4.78, 5) is 29.5. The number of aldehydes is 1. The van der Waals surface area contributed by atoms with E-state index in [0.717, 1.165) is 6.29 Å². The van der Waals surface area contributed by atoms with Gasteiger partial charge in [0.1, 0.15) is 6.29 Å². The van der Waals surface area contributed by atoms with Crippen molar-refractivity contribution in [3.05, 3.63) is 29.8 Å². The Morgan fingerprint density at radius 1 is 1.31 bits per heavy atom. The number of carbonyl (C=O) groups excluding carboxylic acids is 2. The molecule has 0 saturated heterocycles. The Balaban J connectivity index is 2.59. The molecule has 1 aromatic carbocycles. The van der Waals surface area contributed by atoms with Crippen molar-refractivity contribution in [2.75, 3.05) is 0 Å². The molecule has 0 unspecified atom stereocenters. The van der Waals surface area contributed by atoms with E-state index in [-0.39, 0.29) is 0 Å². The summed E-state index contributed by atoms with van der Waals surface area (Å²) in [5.74, 6) is -0.153. The SMILES string of the molecule is CC(=O)OOc1ccc(C=O)cc1. The van der Waals surface area contributed by atoms with E-state index in [9.17, 15) is 9.59 Å².